The summed E-state index contributed by atoms with van der Waals surface area (Å²) in [4.78, 5) is 11.5. The van der Waals surface area contributed by atoms with Gasteiger partial charge >= 0.3 is 0 Å². The fourth-order valence-electron chi connectivity index (χ4n) is 2.31. The van der Waals surface area contributed by atoms with E-state index >= 15 is 0 Å². The lowest BCUT2D eigenvalue weighted by molar-refractivity contribution is -0.118. The second kappa shape index (κ2) is 6.93. The summed E-state index contributed by atoms with van der Waals surface area (Å²) in [5.74, 6) is -0.685. The minimum absolute atomic E-state index is 0.0967. The van der Waals surface area contributed by atoms with Crippen LogP contribution in [-0.4, -0.2) is 25.2 Å². The van der Waals surface area contributed by atoms with Gasteiger partial charge in [-0.05, 0) is 36.6 Å². The van der Waals surface area contributed by atoms with Gasteiger partial charge < -0.3 is 5.73 Å². The van der Waals surface area contributed by atoms with Crippen LogP contribution in [0.3, 0.4) is 0 Å². The molecule has 0 heterocycles. The summed E-state index contributed by atoms with van der Waals surface area (Å²) >= 11 is 0. The molecule has 5 nitrogen and oxygen atoms in total. The predicted octanol–water partition coefficient (Wildman–Crippen LogP) is 1.98. The number of sulfonamides is 1. The van der Waals surface area contributed by atoms with Crippen LogP contribution in [0, 0.1) is 13.8 Å². The Bertz CT molecular complexity index is 802. The Morgan fingerprint density at radius 2 is 1.74 bits per heavy atom. The van der Waals surface area contributed by atoms with Crippen LogP contribution < -0.4 is 5.73 Å². The first-order valence-electron chi connectivity index (χ1n) is 7.20. The number of carbonyl (C=O) groups is 1. The summed E-state index contributed by atoms with van der Waals surface area (Å²) in [6.45, 7) is 3.30. The Labute approximate surface area is 136 Å². The van der Waals surface area contributed by atoms with Crippen LogP contribution in [0.1, 0.15) is 16.7 Å². The Morgan fingerprint density at radius 1 is 1.09 bits per heavy atom. The average molecular weight is 332 g/mol. The fraction of sp³-hybridized carbons (Fsp3) is 0.235. The first-order chi connectivity index (χ1) is 10.8. The number of amides is 1. The lowest BCUT2D eigenvalue weighted by Gasteiger charge is -2.22. The number of rotatable bonds is 6. The zero-order valence-electron chi connectivity index (χ0n) is 13.2. The second-order valence-corrected chi connectivity index (χ2v) is 7.40. The Morgan fingerprint density at radius 3 is 2.35 bits per heavy atom. The molecule has 0 radical (unpaired) electrons. The number of hydrogen-bond acceptors (Lipinski definition) is 3. The smallest absolute Gasteiger partial charge is 0.244 e. The highest BCUT2D eigenvalue weighted by Gasteiger charge is 2.27. The molecule has 0 unspecified atom stereocenters. The van der Waals surface area contributed by atoms with Crippen molar-refractivity contribution in [3.05, 3.63) is 65.2 Å². The number of nitrogens with two attached hydrogens (primary N) is 1. The highest BCUT2D eigenvalue weighted by atomic mass is 32.2. The van der Waals surface area contributed by atoms with Crippen molar-refractivity contribution in [3.63, 3.8) is 0 Å². The maximum absolute atomic E-state index is 13.0. The highest BCUT2D eigenvalue weighted by Crippen LogP contribution is 2.22. The van der Waals surface area contributed by atoms with E-state index in [9.17, 15) is 13.2 Å². The minimum Gasteiger partial charge on any atom is -0.369 e. The van der Waals surface area contributed by atoms with Gasteiger partial charge in [0.25, 0.3) is 0 Å². The van der Waals surface area contributed by atoms with Gasteiger partial charge in [-0.2, -0.15) is 4.31 Å². The van der Waals surface area contributed by atoms with E-state index in [0.29, 0.717) is 5.56 Å². The molecule has 0 aliphatic carbocycles. The van der Waals surface area contributed by atoms with Crippen LogP contribution in [0.5, 0.6) is 0 Å². The monoisotopic (exact) mass is 332 g/mol. The van der Waals surface area contributed by atoms with Crippen molar-refractivity contribution in [2.45, 2.75) is 25.3 Å². The predicted molar refractivity (Wildman–Crippen MR) is 89.1 cm³/mol. The van der Waals surface area contributed by atoms with Crippen molar-refractivity contribution in [3.8, 4) is 0 Å². The van der Waals surface area contributed by atoms with E-state index < -0.39 is 15.9 Å². The Balaban J connectivity index is 2.44. The lowest BCUT2D eigenvalue weighted by Crippen LogP contribution is -2.38. The molecule has 23 heavy (non-hydrogen) atoms. The molecule has 0 aliphatic heterocycles. The zero-order chi connectivity index (χ0) is 17.0. The third-order valence-electron chi connectivity index (χ3n) is 3.50. The molecule has 0 aliphatic rings. The molecule has 1 amide bonds. The SMILES string of the molecule is Cc1ccc(C)c(S(=O)(=O)N(CC(N)=O)Cc2ccccc2)c1. The molecule has 0 saturated carbocycles. The molecular weight excluding hydrogens is 312 g/mol. The molecule has 6 heteroatoms. The summed E-state index contributed by atoms with van der Waals surface area (Å²) in [5, 5.41) is 0. The van der Waals surface area contributed by atoms with Gasteiger partial charge in [0, 0.05) is 6.54 Å². The van der Waals surface area contributed by atoms with Crippen molar-refractivity contribution in [1.82, 2.24) is 4.31 Å². The van der Waals surface area contributed by atoms with Gasteiger partial charge in [-0.3, -0.25) is 4.79 Å². The molecule has 0 fully saturated rings. The van der Waals surface area contributed by atoms with Crippen molar-refractivity contribution in [1.29, 1.82) is 0 Å². The van der Waals surface area contributed by atoms with Gasteiger partial charge in [0.05, 0.1) is 11.4 Å². The van der Waals surface area contributed by atoms with Crippen LogP contribution in [0.2, 0.25) is 0 Å². The number of nitrogens with zero attached hydrogens (tertiary/aromatic N) is 1. The van der Waals surface area contributed by atoms with Crippen LogP contribution >= 0.6 is 0 Å². The number of hydrogen-bond donors (Lipinski definition) is 1. The summed E-state index contributed by atoms with van der Waals surface area (Å²) in [6, 6.07) is 14.3. The first-order valence-corrected chi connectivity index (χ1v) is 8.64. The number of aryl methyl sites for hydroxylation is 2. The maximum Gasteiger partial charge on any atom is 0.244 e. The van der Waals surface area contributed by atoms with Crippen LogP contribution in [0.25, 0.3) is 0 Å². The molecule has 0 saturated heterocycles. The molecule has 0 spiro atoms. The standard InChI is InChI=1S/C17H20N2O3S/c1-13-8-9-14(2)16(10-13)23(21,22)19(12-17(18)20)11-15-6-4-3-5-7-15/h3-10H,11-12H2,1-2H3,(H2,18,20). The van der Waals surface area contributed by atoms with Crippen molar-refractivity contribution in [2.24, 2.45) is 5.73 Å². The van der Waals surface area contributed by atoms with Gasteiger partial charge in [-0.1, -0.05) is 42.5 Å². The van der Waals surface area contributed by atoms with Crippen molar-refractivity contribution < 1.29 is 13.2 Å². The molecule has 0 aromatic heterocycles. The molecule has 122 valence electrons. The van der Waals surface area contributed by atoms with E-state index in [1.165, 1.54) is 0 Å². The van der Waals surface area contributed by atoms with E-state index in [-0.39, 0.29) is 18.0 Å². The van der Waals surface area contributed by atoms with Gasteiger partial charge in [-0.15, -0.1) is 0 Å². The first kappa shape index (κ1) is 17.2. The average Bonchev–Trinajstić information content (AvgIpc) is 2.49. The third kappa shape index (κ3) is 4.18. The van der Waals surface area contributed by atoms with Gasteiger partial charge in [0.2, 0.25) is 15.9 Å². The summed E-state index contributed by atoms with van der Waals surface area (Å²) < 4.78 is 27.0. The van der Waals surface area contributed by atoms with Gasteiger partial charge in [0.15, 0.2) is 0 Å². The van der Waals surface area contributed by atoms with Gasteiger partial charge in [-0.25, -0.2) is 8.42 Å². The van der Waals surface area contributed by atoms with Crippen LogP contribution in [-0.2, 0) is 21.4 Å². The summed E-state index contributed by atoms with van der Waals surface area (Å²) in [5.41, 5.74) is 7.52. The molecular formula is C17H20N2O3S. The quantitative estimate of drug-likeness (QED) is 0.878. The van der Waals surface area contributed by atoms with E-state index in [1.807, 2.05) is 43.3 Å². The Hall–Kier alpha value is -2.18. The van der Waals surface area contributed by atoms with Gasteiger partial charge in [0.1, 0.15) is 0 Å². The fourth-order valence-corrected chi connectivity index (χ4v) is 4.02. The summed E-state index contributed by atoms with van der Waals surface area (Å²) in [6.07, 6.45) is 0. The molecule has 2 N–H and O–H groups in total. The minimum atomic E-state index is -3.82. The lowest BCUT2D eigenvalue weighted by atomic mass is 10.2. The highest BCUT2D eigenvalue weighted by molar-refractivity contribution is 7.89. The molecule has 2 aromatic rings. The molecule has 0 atom stereocenters. The Kier molecular flexibility index (Phi) is 5.18. The van der Waals surface area contributed by atoms with E-state index in [4.69, 9.17) is 5.73 Å². The van der Waals surface area contributed by atoms with E-state index in [0.717, 1.165) is 15.4 Å². The maximum atomic E-state index is 13.0. The zero-order valence-corrected chi connectivity index (χ0v) is 14.0. The third-order valence-corrected chi connectivity index (χ3v) is 5.43. The van der Waals surface area contributed by atoms with Crippen LogP contribution in [0.4, 0.5) is 0 Å². The van der Waals surface area contributed by atoms with Crippen molar-refractivity contribution in [2.75, 3.05) is 6.54 Å². The molecule has 2 aromatic carbocycles. The normalized spacial score (nSPS) is 11.6. The molecule has 0 bridgehead atoms. The number of carbonyl (C=O) groups excluding carboxylic acids is 1. The second-order valence-electron chi connectivity index (χ2n) is 5.49. The van der Waals surface area contributed by atoms with E-state index in [1.54, 1.807) is 19.1 Å². The number of benzene rings is 2. The summed E-state index contributed by atoms with van der Waals surface area (Å²) in [7, 11) is -3.82. The molecule has 2 rings (SSSR count). The topological polar surface area (TPSA) is 80.5 Å². The van der Waals surface area contributed by atoms with Crippen LogP contribution in [0.15, 0.2) is 53.4 Å². The largest absolute Gasteiger partial charge is 0.369 e. The van der Waals surface area contributed by atoms with E-state index in [2.05, 4.69) is 0 Å². The number of primary amides is 1. The van der Waals surface area contributed by atoms with Crippen molar-refractivity contribution >= 4 is 15.9 Å².